The molecule has 0 aromatic heterocycles. The van der Waals surface area contributed by atoms with Gasteiger partial charge in [0.1, 0.15) is 11.6 Å². The van der Waals surface area contributed by atoms with E-state index >= 15 is 0 Å². The summed E-state index contributed by atoms with van der Waals surface area (Å²) >= 11 is 0. The molecule has 0 fully saturated rings. The maximum atomic E-state index is 5.43. The molecule has 0 radical (unpaired) electrons. The SMILES string of the molecule is CCCCN1CCN=C1CN(Cc1ccccc1)c1cccc(OC)c1. The molecule has 1 aliphatic heterocycles. The molecule has 0 unspecified atom stereocenters. The van der Waals surface area contributed by atoms with E-state index in [-0.39, 0.29) is 0 Å². The lowest BCUT2D eigenvalue weighted by Crippen LogP contribution is -2.38. The standard InChI is InChI=1S/C22H29N3O/c1-3-4-14-24-15-13-23-22(24)18-25(17-19-9-6-5-7-10-19)20-11-8-12-21(16-20)26-2/h5-12,16H,3-4,13-15,17-18H2,1-2H3. The summed E-state index contributed by atoms with van der Waals surface area (Å²) in [5.74, 6) is 2.09. The third kappa shape index (κ3) is 4.78. The fourth-order valence-corrected chi connectivity index (χ4v) is 3.29. The van der Waals surface area contributed by atoms with Crippen molar-refractivity contribution in [3.05, 3.63) is 60.2 Å². The molecule has 2 aromatic rings. The van der Waals surface area contributed by atoms with Gasteiger partial charge in [0.05, 0.1) is 20.2 Å². The topological polar surface area (TPSA) is 28.1 Å². The number of nitrogens with zero attached hydrogens (tertiary/aromatic N) is 3. The quantitative estimate of drug-likeness (QED) is 0.677. The smallest absolute Gasteiger partial charge is 0.120 e. The number of aliphatic imine (C=N–C) groups is 1. The maximum Gasteiger partial charge on any atom is 0.120 e. The first-order chi connectivity index (χ1) is 12.8. The van der Waals surface area contributed by atoms with Crippen LogP contribution < -0.4 is 9.64 Å². The maximum absolute atomic E-state index is 5.43. The number of rotatable bonds is 9. The van der Waals surface area contributed by atoms with E-state index in [2.05, 4.69) is 65.3 Å². The van der Waals surface area contributed by atoms with E-state index in [4.69, 9.17) is 9.73 Å². The fourth-order valence-electron chi connectivity index (χ4n) is 3.29. The van der Waals surface area contributed by atoms with Crippen LogP contribution in [0.15, 0.2) is 59.6 Å². The van der Waals surface area contributed by atoms with Gasteiger partial charge in [0.25, 0.3) is 0 Å². The minimum atomic E-state index is 0.825. The lowest BCUT2D eigenvalue weighted by Gasteiger charge is -2.29. The van der Waals surface area contributed by atoms with Crippen molar-refractivity contribution in [2.24, 2.45) is 4.99 Å². The first kappa shape index (κ1) is 18.3. The molecule has 0 aliphatic carbocycles. The largest absolute Gasteiger partial charge is 0.497 e. The molecular formula is C22H29N3O. The third-order valence-electron chi connectivity index (χ3n) is 4.78. The second kappa shape index (κ2) is 9.27. The fraction of sp³-hybridized carbons (Fsp3) is 0.409. The number of ether oxygens (including phenoxy) is 1. The number of hydrogen-bond donors (Lipinski definition) is 0. The Bertz CT molecular complexity index is 714. The second-order valence-corrected chi connectivity index (χ2v) is 6.68. The van der Waals surface area contributed by atoms with Gasteiger partial charge in [0, 0.05) is 31.4 Å². The van der Waals surface area contributed by atoms with Gasteiger partial charge in [-0.3, -0.25) is 4.99 Å². The van der Waals surface area contributed by atoms with Crippen LogP contribution in [0.3, 0.4) is 0 Å². The first-order valence-electron chi connectivity index (χ1n) is 9.51. The summed E-state index contributed by atoms with van der Waals surface area (Å²) in [5.41, 5.74) is 2.47. The minimum Gasteiger partial charge on any atom is -0.497 e. The highest BCUT2D eigenvalue weighted by atomic mass is 16.5. The number of unbranched alkanes of at least 4 members (excludes halogenated alkanes) is 1. The highest BCUT2D eigenvalue weighted by Gasteiger charge is 2.20. The third-order valence-corrected chi connectivity index (χ3v) is 4.78. The van der Waals surface area contributed by atoms with Gasteiger partial charge >= 0.3 is 0 Å². The highest BCUT2D eigenvalue weighted by Crippen LogP contribution is 2.23. The van der Waals surface area contributed by atoms with Crippen molar-refractivity contribution in [2.75, 3.05) is 38.2 Å². The molecule has 0 saturated carbocycles. The van der Waals surface area contributed by atoms with Crippen LogP contribution in [0.25, 0.3) is 0 Å². The molecule has 4 heteroatoms. The predicted octanol–water partition coefficient (Wildman–Crippen LogP) is 4.22. The van der Waals surface area contributed by atoms with E-state index in [0.717, 1.165) is 38.5 Å². The summed E-state index contributed by atoms with van der Waals surface area (Å²) in [6.45, 7) is 6.99. The molecule has 0 spiro atoms. The van der Waals surface area contributed by atoms with Crippen LogP contribution in [-0.2, 0) is 6.54 Å². The van der Waals surface area contributed by atoms with Gasteiger partial charge in [-0.05, 0) is 24.1 Å². The number of anilines is 1. The Labute approximate surface area is 157 Å². The Morgan fingerprint density at radius 1 is 1.08 bits per heavy atom. The first-order valence-corrected chi connectivity index (χ1v) is 9.51. The van der Waals surface area contributed by atoms with Crippen molar-refractivity contribution >= 4 is 11.5 Å². The molecule has 0 bridgehead atoms. The van der Waals surface area contributed by atoms with Gasteiger partial charge < -0.3 is 14.5 Å². The van der Waals surface area contributed by atoms with Crippen molar-refractivity contribution in [1.29, 1.82) is 0 Å². The monoisotopic (exact) mass is 351 g/mol. The normalized spacial score (nSPS) is 13.6. The Balaban J connectivity index is 1.80. The van der Waals surface area contributed by atoms with Crippen molar-refractivity contribution in [2.45, 2.75) is 26.3 Å². The Hall–Kier alpha value is -2.49. The predicted molar refractivity (Wildman–Crippen MR) is 109 cm³/mol. The van der Waals surface area contributed by atoms with Gasteiger partial charge in [0.2, 0.25) is 0 Å². The molecule has 0 saturated heterocycles. The van der Waals surface area contributed by atoms with Crippen LogP contribution in [0.5, 0.6) is 5.75 Å². The molecule has 0 N–H and O–H groups in total. The zero-order valence-electron chi connectivity index (χ0n) is 15.9. The average molecular weight is 351 g/mol. The molecule has 1 aliphatic rings. The van der Waals surface area contributed by atoms with Crippen LogP contribution in [0.4, 0.5) is 5.69 Å². The summed E-state index contributed by atoms with van der Waals surface area (Å²) < 4.78 is 5.43. The summed E-state index contributed by atoms with van der Waals surface area (Å²) in [7, 11) is 1.72. The van der Waals surface area contributed by atoms with Crippen LogP contribution in [0.2, 0.25) is 0 Å². The van der Waals surface area contributed by atoms with Crippen LogP contribution in [-0.4, -0.2) is 44.0 Å². The lowest BCUT2D eigenvalue weighted by molar-refractivity contribution is 0.414. The molecule has 0 atom stereocenters. The lowest BCUT2D eigenvalue weighted by atomic mass is 10.2. The van der Waals surface area contributed by atoms with Gasteiger partial charge in [-0.15, -0.1) is 0 Å². The molecule has 0 amide bonds. The summed E-state index contributed by atoms with van der Waals surface area (Å²) in [4.78, 5) is 9.63. The Kier molecular flexibility index (Phi) is 6.53. The second-order valence-electron chi connectivity index (χ2n) is 6.68. The Morgan fingerprint density at radius 2 is 1.92 bits per heavy atom. The molecule has 26 heavy (non-hydrogen) atoms. The van der Waals surface area contributed by atoms with Crippen LogP contribution >= 0.6 is 0 Å². The van der Waals surface area contributed by atoms with Crippen molar-refractivity contribution in [3.63, 3.8) is 0 Å². The van der Waals surface area contributed by atoms with Gasteiger partial charge in [-0.25, -0.2) is 0 Å². The van der Waals surface area contributed by atoms with Crippen LogP contribution in [0.1, 0.15) is 25.3 Å². The molecule has 3 rings (SSSR count). The molecule has 138 valence electrons. The van der Waals surface area contributed by atoms with E-state index in [0.29, 0.717) is 0 Å². The van der Waals surface area contributed by atoms with E-state index in [9.17, 15) is 0 Å². The van der Waals surface area contributed by atoms with Gasteiger partial charge in [-0.2, -0.15) is 0 Å². The van der Waals surface area contributed by atoms with E-state index < -0.39 is 0 Å². The Morgan fingerprint density at radius 3 is 2.69 bits per heavy atom. The number of methoxy groups -OCH3 is 1. The minimum absolute atomic E-state index is 0.825. The van der Waals surface area contributed by atoms with E-state index in [1.807, 2.05) is 6.07 Å². The van der Waals surface area contributed by atoms with Gasteiger partial charge in [0.15, 0.2) is 0 Å². The molecule has 1 heterocycles. The molecular weight excluding hydrogens is 322 g/mol. The number of amidine groups is 1. The summed E-state index contributed by atoms with van der Waals surface area (Å²) in [5, 5.41) is 0. The average Bonchev–Trinajstić information content (AvgIpc) is 3.13. The zero-order valence-corrected chi connectivity index (χ0v) is 15.9. The zero-order chi connectivity index (χ0) is 18.2. The number of benzene rings is 2. The highest BCUT2D eigenvalue weighted by molar-refractivity contribution is 5.88. The van der Waals surface area contributed by atoms with Crippen LogP contribution in [0, 0.1) is 0 Å². The van der Waals surface area contributed by atoms with Crippen molar-refractivity contribution < 1.29 is 4.74 Å². The number of hydrogen-bond acceptors (Lipinski definition) is 4. The molecule has 2 aromatic carbocycles. The molecule has 4 nitrogen and oxygen atoms in total. The van der Waals surface area contributed by atoms with Crippen molar-refractivity contribution in [3.8, 4) is 5.75 Å². The van der Waals surface area contributed by atoms with E-state index in [1.54, 1.807) is 7.11 Å². The van der Waals surface area contributed by atoms with Crippen molar-refractivity contribution in [1.82, 2.24) is 4.90 Å². The van der Waals surface area contributed by atoms with Gasteiger partial charge in [-0.1, -0.05) is 49.7 Å². The summed E-state index contributed by atoms with van der Waals surface area (Å²) in [6.07, 6.45) is 2.43. The van der Waals surface area contributed by atoms with E-state index in [1.165, 1.54) is 29.9 Å². The summed E-state index contributed by atoms with van der Waals surface area (Å²) in [6, 6.07) is 18.9.